The molecule has 2 aliphatic rings. The van der Waals surface area contributed by atoms with E-state index in [1.165, 1.54) is 11.1 Å². The molecule has 0 aliphatic carbocycles. The highest BCUT2D eigenvalue weighted by molar-refractivity contribution is 5.94. The Kier molecular flexibility index (Phi) is 4.06. The van der Waals surface area contributed by atoms with Gasteiger partial charge in [-0.2, -0.15) is 0 Å². The second kappa shape index (κ2) is 6.37. The molecule has 0 bridgehead atoms. The largest absolute Gasteiger partial charge is 0.331 e. The summed E-state index contributed by atoms with van der Waals surface area (Å²) >= 11 is 0. The van der Waals surface area contributed by atoms with Crippen LogP contribution >= 0.6 is 0 Å². The predicted octanol–water partition coefficient (Wildman–Crippen LogP) is 3.17. The van der Waals surface area contributed by atoms with E-state index in [0.717, 1.165) is 17.8 Å². The SMILES string of the molecule is Cc1ccc(C2C=C3C(=O)N(Cc4ccccc4)CC(C)N3N2)cc1. The molecule has 2 aromatic rings. The van der Waals surface area contributed by atoms with Crippen molar-refractivity contribution in [1.82, 2.24) is 15.3 Å². The van der Waals surface area contributed by atoms with E-state index in [1.54, 1.807) is 0 Å². The van der Waals surface area contributed by atoms with Gasteiger partial charge in [0, 0.05) is 13.1 Å². The topological polar surface area (TPSA) is 35.6 Å². The Labute approximate surface area is 148 Å². The molecule has 0 spiro atoms. The molecule has 1 amide bonds. The Morgan fingerprint density at radius 2 is 1.80 bits per heavy atom. The normalized spacial score (nSPS) is 22.8. The van der Waals surface area contributed by atoms with Gasteiger partial charge in [-0.05, 0) is 31.1 Å². The number of fused-ring (bicyclic) bond motifs is 1. The summed E-state index contributed by atoms with van der Waals surface area (Å²) in [7, 11) is 0. The molecule has 4 nitrogen and oxygen atoms in total. The Balaban J connectivity index is 1.57. The highest BCUT2D eigenvalue weighted by Gasteiger charge is 2.38. The van der Waals surface area contributed by atoms with Gasteiger partial charge in [-0.25, -0.2) is 5.43 Å². The molecule has 2 atom stereocenters. The van der Waals surface area contributed by atoms with Crippen LogP contribution in [0.1, 0.15) is 29.7 Å². The van der Waals surface area contributed by atoms with Crippen molar-refractivity contribution in [3.63, 3.8) is 0 Å². The highest BCUT2D eigenvalue weighted by Crippen LogP contribution is 2.30. The van der Waals surface area contributed by atoms with Crippen LogP contribution in [0.3, 0.4) is 0 Å². The zero-order valence-electron chi connectivity index (χ0n) is 14.6. The third-order valence-electron chi connectivity index (χ3n) is 4.95. The molecule has 2 heterocycles. The maximum absolute atomic E-state index is 13.0. The van der Waals surface area contributed by atoms with Crippen LogP contribution in [0.4, 0.5) is 0 Å². The van der Waals surface area contributed by atoms with Gasteiger partial charge >= 0.3 is 0 Å². The summed E-state index contributed by atoms with van der Waals surface area (Å²) < 4.78 is 0. The van der Waals surface area contributed by atoms with E-state index in [2.05, 4.69) is 61.7 Å². The van der Waals surface area contributed by atoms with Crippen molar-refractivity contribution in [2.45, 2.75) is 32.5 Å². The number of nitrogens with one attached hydrogen (secondary N) is 1. The summed E-state index contributed by atoms with van der Waals surface area (Å²) in [6, 6.07) is 18.9. The molecule has 0 aromatic heterocycles. The first-order valence-electron chi connectivity index (χ1n) is 8.79. The number of hydrogen-bond acceptors (Lipinski definition) is 3. The summed E-state index contributed by atoms with van der Waals surface area (Å²) in [6.45, 7) is 5.62. The van der Waals surface area contributed by atoms with Crippen LogP contribution in [0.5, 0.6) is 0 Å². The van der Waals surface area contributed by atoms with Gasteiger partial charge in [-0.3, -0.25) is 9.80 Å². The minimum absolute atomic E-state index is 0.0543. The van der Waals surface area contributed by atoms with E-state index in [9.17, 15) is 4.79 Å². The van der Waals surface area contributed by atoms with E-state index in [0.29, 0.717) is 6.54 Å². The van der Waals surface area contributed by atoms with E-state index in [-0.39, 0.29) is 18.0 Å². The molecule has 1 N–H and O–H groups in total. The summed E-state index contributed by atoms with van der Waals surface area (Å²) in [5.74, 6) is 0.101. The lowest BCUT2D eigenvalue weighted by atomic mass is 10.0. The van der Waals surface area contributed by atoms with Crippen molar-refractivity contribution >= 4 is 5.91 Å². The van der Waals surface area contributed by atoms with E-state index >= 15 is 0 Å². The zero-order valence-corrected chi connectivity index (χ0v) is 14.6. The van der Waals surface area contributed by atoms with Crippen LogP contribution in [-0.2, 0) is 11.3 Å². The number of hydrazine groups is 1. The number of nitrogens with zero attached hydrogens (tertiary/aromatic N) is 2. The first kappa shape index (κ1) is 15.9. The van der Waals surface area contributed by atoms with E-state index < -0.39 is 0 Å². The number of piperazine rings is 1. The van der Waals surface area contributed by atoms with Gasteiger partial charge in [0.15, 0.2) is 0 Å². The molecule has 0 radical (unpaired) electrons. The monoisotopic (exact) mass is 333 g/mol. The number of hydrogen-bond donors (Lipinski definition) is 1. The third-order valence-corrected chi connectivity index (χ3v) is 4.95. The number of aryl methyl sites for hydroxylation is 1. The minimum atomic E-state index is 0.0543. The molecule has 25 heavy (non-hydrogen) atoms. The quantitative estimate of drug-likeness (QED) is 0.937. The number of carbonyl (C=O) groups excluding carboxylic acids is 1. The van der Waals surface area contributed by atoms with E-state index in [1.807, 2.05) is 28.1 Å². The molecule has 2 aromatic carbocycles. The summed E-state index contributed by atoms with van der Waals surface area (Å²) in [6.07, 6.45) is 2.06. The molecule has 2 unspecified atom stereocenters. The molecular weight excluding hydrogens is 310 g/mol. The predicted molar refractivity (Wildman–Crippen MR) is 98.3 cm³/mol. The van der Waals surface area contributed by atoms with Gasteiger partial charge in [0.25, 0.3) is 5.91 Å². The molecule has 1 fully saturated rings. The first-order valence-corrected chi connectivity index (χ1v) is 8.79. The summed E-state index contributed by atoms with van der Waals surface area (Å²) in [4.78, 5) is 14.9. The lowest BCUT2D eigenvalue weighted by molar-refractivity contribution is -0.134. The maximum atomic E-state index is 13.0. The Hall–Kier alpha value is -2.59. The lowest BCUT2D eigenvalue weighted by Gasteiger charge is -2.40. The van der Waals surface area contributed by atoms with Crippen molar-refractivity contribution in [3.05, 3.63) is 83.1 Å². The maximum Gasteiger partial charge on any atom is 0.271 e. The van der Waals surface area contributed by atoms with Gasteiger partial charge in [-0.15, -0.1) is 0 Å². The highest BCUT2D eigenvalue weighted by atomic mass is 16.2. The van der Waals surface area contributed by atoms with Crippen LogP contribution in [0.15, 0.2) is 66.4 Å². The number of rotatable bonds is 3. The standard InChI is InChI=1S/C21H23N3O/c1-15-8-10-18(11-9-15)19-12-20-21(25)23(13-16(2)24(20)22-19)14-17-6-4-3-5-7-17/h3-12,16,19,22H,13-14H2,1-2H3. The second-order valence-corrected chi connectivity index (χ2v) is 6.96. The number of carbonyl (C=O) groups is 1. The van der Waals surface area contributed by atoms with Crippen molar-refractivity contribution in [2.75, 3.05) is 6.54 Å². The van der Waals surface area contributed by atoms with Gasteiger partial charge in [0.1, 0.15) is 5.70 Å². The Morgan fingerprint density at radius 1 is 1.08 bits per heavy atom. The Bertz CT molecular complexity index is 798. The Morgan fingerprint density at radius 3 is 2.52 bits per heavy atom. The molecule has 1 saturated heterocycles. The lowest BCUT2D eigenvalue weighted by Crippen LogP contribution is -2.55. The first-order chi connectivity index (χ1) is 12.1. The minimum Gasteiger partial charge on any atom is -0.331 e. The third kappa shape index (κ3) is 3.05. The smallest absolute Gasteiger partial charge is 0.271 e. The van der Waals surface area contributed by atoms with Gasteiger partial charge in [0.2, 0.25) is 0 Å². The average molecular weight is 333 g/mol. The molecule has 0 saturated carbocycles. The fraction of sp³-hybridized carbons (Fsp3) is 0.286. The summed E-state index contributed by atoms with van der Waals surface area (Å²) in [5.41, 5.74) is 7.84. The van der Waals surface area contributed by atoms with Crippen molar-refractivity contribution < 1.29 is 4.79 Å². The van der Waals surface area contributed by atoms with Crippen LogP contribution in [0, 0.1) is 6.92 Å². The zero-order chi connectivity index (χ0) is 17.4. The number of amides is 1. The fourth-order valence-corrected chi connectivity index (χ4v) is 3.56. The van der Waals surface area contributed by atoms with Crippen molar-refractivity contribution in [2.24, 2.45) is 0 Å². The van der Waals surface area contributed by atoms with Crippen LogP contribution in [0.25, 0.3) is 0 Å². The van der Waals surface area contributed by atoms with Gasteiger partial charge in [0.05, 0.1) is 12.1 Å². The van der Waals surface area contributed by atoms with Crippen LogP contribution in [0.2, 0.25) is 0 Å². The van der Waals surface area contributed by atoms with Crippen LogP contribution in [-0.4, -0.2) is 28.4 Å². The van der Waals surface area contributed by atoms with E-state index in [4.69, 9.17) is 0 Å². The van der Waals surface area contributed by atoms with Crippen molar-refractivity contribution in [3.8, 4) is 0 Å². The second-order valence-electron chi connectivity index (χ2n) is 6.96. The fourth-order valence-electron chi connectivity index (χ4n) is 3.56. The van der Waals surface area contributed by atoms with Crippen molar-refractivity contribution in [1.29, 1.82) is 0 Å². The number of benzene rings is 2. The molecule has 4 rings (SSSR count). The molecule has 128 valence electrons. The summed E-state index contributed by atoms with van der Waals surface area (Å²) in [5, 5.41) is 2.04. The average Bonchev–Trinajstić information content (AvgIpc) is 3.07. The van der Waals surface area contributed by atoms with Gasteiger partial charge < -0.3 is 4.90 Å². The van der Waals surface area contributed by atoms with Crippen LogP contribution < -0.4 is 5.43 Å². The molecule has 4 heteroatoms. The molecular formula is C21H23N3O. The van der Waals surface area contributed by atoms with Gasteiger partial charge in [-0.1, -0.05) is 60.2 Å². The molecule has 2 aliphatic heterocycles.